The fraction of sp³-hybridized carbons (Fsp3) is 0. The summed E-state index contributed by atoms with van der Waals surface area (Å²) < 4.78 is 0. The quantitative estimate of drug-likeness (QED) is 0.587. The van der Waals surface area contributed by atoms with Crippen molar-refractivity contribution in [1.29, 1.82) is 0 Å². The molecule has 0 amide bonds. The molecule has 1 aromatic carbocycles. The van der Waals surface area contributed by atoms with Crippen LogP contribution >= 0.6 is 11.6 Å². The molecule has 0 aliphatic heterocycles. The Morgan fingerprint density at radius 1 is 1.27 bits per heavy atom. The summed E-state index contributed by atoms with van der Waals surface area (Å²) in [5.74, 6) is 0. The third-order valence-electron chi connectivity index (χ3n) is 1.57. The van der Waals surface area contributed by atoms with Crippen LogP contribution in [-0.4, -0.2) is 9.85 Å². The standard InChI is InChI=1S/C8H5ClN2O4/c9-8-2-1-7(11(14)15)5-6(8)3-4-10(12)13/h1-5H. The van der Waals surface area contributed by atoms with E-state index in [-0.39, 0.29) is 16.3 Å². The second-order valence-electron chi connectivity index (χ2n) is 2.56. The fourth-order valence-electron chi connectivity index (χ4n) is 0.914. The van der Waals surface area contributed by atoms with Crippen LogP contribution in [0.5, 0.6) is 0 Å². The van der Waals surface area contributed by atoms with E-state index in [1.165, 1.54) is 18.2 Å². The molecule has 0 saturated heterocycles. The first-order valence-electron chi connectivity index (χ1n) is 3.76. The summed E-state index contributed by atoms with van der Waals surface area (Å²) in [6.07, 6.45) is 1.78. The smallest absolute Gasteiger partial charge is 0.259 e. The van der Waals surface area contributed by atoms with Crippen LogP contribution in [0.25, 0.3) is 6.08 Å². The van der Waals surface area contributed by atoms with Crippen molar-refractivity contribution in [3.63, 3.8) is 0 Å². The van der Waals surface area contributed by atoms with Crippen molar-refractivity contribution in [2.24, 2.45) is 0 Å². The third-order valence-corrected chi connectivity index (χ3v) is 1.91. The molecule has 0 radical (unpaired) electrons. The second-order valence-corrected chi connectivity index (χ2v) is 2.97. The number of hydrogen-bond acceptors (Lipinski definition) is 4. The van der Waals surface area contributed by atoms with Gasteiger partial charge in [-0.25, -0.2) is 0 Å². The van der Waals surface area contributed by atoms with E-state index in [9.17, 15) is 20.2 Å². The first-order valence-corrected chi connectivity index (χ1v) is 4.14. The second kappa shape index (κ2) is 4.52. The SMILES string of the molecule is O=[N+]([O-])C=Cc1cc([N+](=O)[O-])ccc1Cl. The average molecular weight is 229 g/mol. The molecule has 0 aliphatic rings. The molecule has 0 atom stereocenters. The van der Waals surface area contributed by atoms with Crippen LogP contribution in [0.2, 0.25) is 5.02 Å². The van der Waals surface area contributed by atoms with E-state index in [0.717, 1.165) is 6.08 Å². The lowest BCUT2D eigenvalue weighted by molar-refractivity contribution is -0.400. The van der Waals surface area contributed by atoms with Crippen molar-refractivity contribution in [1.82, 2.24) is 0 Å². The predicted molar refractivity (Wildman–Crippen MR) is 54.1 cm³/mol. The molecule has 15 heavy (non-hydrogen) atoms. The van der Waals surface area contributed by atoms with E-state index >= 15 is 0 Å². The number of nitro benzene ring substituents is 1. The van der Waals surface area contributed by atoms with Crippen LogP contribution < -0.4 is 0 Å². The van der Waals surface area contributed by atoms with Gasteiger partial charge in [0.2, 0.25) is 6.20 Å². The Balaban J connectivity index is 3.11. The molecular formula is C8H5ClN2O4. The van der Waals surface area contributed by atoms with Crippen LogP contribution in [0.15, 0.2) is 24.4 Å². The van der Waals surface area contributed by atoms with Gasteiger partial charge in [-0.1, -0.05) is 11.6 Å². The van der Waals surface area contributed by atoms with Gasteiger partial charge < -0.3 is 0 Å². The number of rotatable bonds is 3. The minimum atomic E-state index is -0.671. The predicted octanol–water partition coefficient (Wildman–Crippen LogP) is 2.50. The Morgan fingerprint density at radius 3 is 2.47 bits per heavy atom. The van der Waals surface area contributed by atoms with Crippen molar-refractivity contribution < 1.29 is 9.85 Å². The Labute approximate surface area is 89.1 Å². The Bertz CT molecular complexity index is 444. The summed E-state index contributed by atoms with van der Waals surface area (Å²) in [5.41, 5.74) is 0.0740. The van der Waals surface area contributed by atoms with Crippen molar-refractivity contribution in [2.75, 3.05) is 0 Å². The summed E-state index contributed by atoms with van der Waals surface area (Å²) in [4.78, 5) is 19.2. The molecule has 78 valence electrons. The van der Waals surface area contributed by atoms with E-state index in [0.29, 0.717) is 6.20 Å². The van der Waals surface area contributed by atoms with E-state index in [1.54, 1.807) is 0 Å². The van der Waals surface area contributed by atoms with Crippen LogP contribution in [0.4, 0.5) is 5.69 Å². The average Bonchev–Trinajstić information content (AvgIpc) is 2.16. The molecule has 1 rings (SSSR count). The maximum atomic E-state index is 10.4. The molecule has 7 heteroatoms. The van der Waals surface area contributed by atoms with Crippen LogP contribution in [0.1, 0.15) is 5.56 Å². The molecule has 0 fully saturated rings. The Hall–Kier alpha value is -1.95. The topological polar surface area (TPSA) is 86.3 Å². The highest BCUT2D eigenvalue weighted by molar-refractivity contribution is 6.32. The lowest BCUT2D eigenvalue weighted by Gasteiger charge is -1.96. The monoisotopic (exact) mass is 228 g/mol. The van der Waals surface area contributed by atoms with Gasteiger partial charge in [-0.3, -0.25) is 20.2 Å². The molecule has 0 N–H and O–H groups in total. The number of benzene rings is 1. The molecule has 1 aromatic rings. The zero-order valence-electron chi connectivity index (χ0n) is 7.29. The summed E-state index contributed by atoms with van der Waals surface area (Å²) in [6.45, 7) is 0. The lowest BCUT2D eigenvalue weighted by Crippen LogP contribution is -1.89. The van der Waals surface area contributed by atoms with Crippen molar-refractivity contribution in [3.8, 4) is 0 Å². The number of nitro groups is 2. The number of hydrogen-bond donors (Lipinski definition) is 0. The molecule has 0 heterocycles. The summed E-state index contributed by atoms with van der Waals surface area (Å²) in [6, 6.07) is 3.72. The van der Waals surface area contributed by atoms with Crippen molar-refractivity contribution >= 4 is 23.4 Å². The fourth-order valence-corrected chi connectivity index (χ4v) is 1.09. The van der Waals surface area contributed by atoms with Crippen LogP contribution in [-0.2, 0) is 0 Å². The zero-order valence-corrected chi connectivity index (χ0v) is 8.05. The van der Waals surface area contributed by atoms with Gasteiger partial charge in [-0.2, -0.15) is 0 Å². The largest absolute Gasteiger partial charge is 0.270 e. The number of non-ortho nitro benzene ring substituents is 1. The van der Waals surface area contributed by atoms with Gasteiger partial charge in [0.05, 0.1) is 9.85 Å². The van der Waals surface area contributed by atoms with Gasteiger partial charge in [0, 0.05) is 28.8 Å². The molecule has 6 nitrogen and oxygen atoms in total. The van der Waals surface area contributed by atoms with Crippen LogP contribution in [0, 0.1) is 20.2 Å². The highest BCUT2D eigenvalue weighted by atomic mass is 35.5. The maximum Gasteiger partial charge on any atom is 0.270 e. The molecule has 0 spiro atoms. The Morgan fingerprint density at radius 2 is 1.93 bits per heavy atom. The van der Waals surface area contributed by atoms with Gasteiger partial charge in [0.25, 0.3) is 5.69 Å². The maximum absolute atomic E-state index is 10.4. The summed E-state index contributed by atoms with van der Waals surface area (Å²) >= 11 is 5.69. The summed E-state index contributed by atoms with van der Waals surface area (Å²) in [7, 11) is 0. The lowest BCUT2D eigenvalue weighted by atomic mass is 10.2. The molecule has 0 aromatic heterocycles. The zero-order chi connectivity index (χ0) is 11.4. The first-order chi connectivity index (χ1) is 7.00. The van der Waals surface area contributed by atoms with Gasteiger partial charge >= 0.3 is 0 Å². The van der Waals surface area contributed by atoms with Gasteiger partial charge in [-0.05, 0) is 6.07 Å². The van der Waals surface area contributed by atoms with Crippen molar-refractivity contribution in [3.05, 3.63) is 55.2 Å². The number of nitrogens with zero attached hydrogens (tertiary/aromatic N) is 2. The molecule has 0 unspecified atom stereocenters. The first kappa shape index (κ1) is 11.1. The van der Waals surface area contributed by atoms with E-state index in [2.05, 4.69) is 0 Å². The highest BCUT2D eigenvalue weighted by Crippen LogP contribution is 2.22. The molecular weight excluding hydrogens is 224 g/mol. The van der Waals surface area contributed by atoms with Gasteiger partial charge in [0.15, 0.2) is 0 Å². The summed E-state index contributed by atoms with van der Waals surface area (Å²) in [5, 5.41) is 20.7. The molecule has 0 bridgehead atoms. The molecule has 0 saturated carbocycles. The number of halogens is 1. The Kier molecular flexibility index (Phi) is 3.35. The minimum absolute atomic E-state index is 0.164. The molecule has 0 aliphatic carbocycles. The van der Waals surface area contributed by atoms with E-state index in [1.807, 2.05) is 0 Å². The van der Waals surface area contributed by atoms with E-state index in [4.69, 9.17) is 11.6 Å². The normalized spacial score (nSPS) is 10.5. The van der Waals surface area contributed by atoms with Gasteiger partial charge in [0.1, 0.15) is 0 Å². The third kappa shape index (κ3) is 3.03. The van der Waals surface area contributed by atoms with Crippen LogP contribution in [0.3, 0.4) is 0 Å². The van der Waals surface area contributed by atoms with Crippen molar-refractivity contribution in [2.45, 2.75) is 0 Å². The minimum Gasteiger partial charge on any atom is -0.259 e. The van der Waals surface area contributed by atoms with Gasteiger partial charge in [-0.15, -0.1) is 0 Å². The van der Waals surface area contributed by atoms with E-state index < -0.39 is 9.85 Å². The highest BCUT2D eigenvalue weighted by Gasteiger charge is 2.08.